The SMILES string of the molecule is CC1C(O)[C@H](O[C@@H]2OC(CO)[C@H](O)C(O)[C@@H]2O)[C@H](CO)O[C@H]1O[C@@H]1C(O)[C@H](O)C(CO)O[C@@H]1OCC1O[C@@H](O[C@@H]2C(CO)O[C@@H](O[C@@H]3C(CO)O[C@@H](C)[C@@H](C)C3O)[C@@H](C)C2O)[C@H](O)C(O[C@H]2O[C@H](CO)[C@@H](O)C(O)C2O[C@@H]2OC(CO)[C@@H](O[C@@H]3OC(CO[C@]4(C(=O)O)C[C@@H](O)[C@@H](N)C([C@H](O)[C@H](O)CO)O4)[C@H](O)C(O)[C@@H]3O)C(O)[C@@H]2C)[C@@H]1O. The van der Waals surface area contributed by atoms with Crippen molar-refractivity contribution in [3.05, 3.63) is 0 Å². The Labute approximate surface area is 666 Å². The summed E-state index contributed by atoms with van der Waals surface area (Å²) >= 11 is 0. The van der Waals surface area contributed by atoms with Crippen LogP contribution in [0.2, 0.25) is 0 Å². The van der Waals surface area contributed by atoms with E-state index in [0.29, 0.717) is 0 Å². The minimum atomic E-state index is -2.95. The molecule has 10 aliphatic rings. The lowest BCUT2D eigenvalue weighted by atomic mass is 9.88. The molecule has 0 radical (unpaired) electrons. The van der Waals surface area contributed by atoms with E-state index in [1.54, 1.807) is 13.8 Å². The molecule has 51 atom stereocenters. The van der Waals surface area contributed by atoms with Gasteiger partial charge in [-0.15, -0.1) is 0 Å². The quantitative estimate of drug-likeness (QED) is 0.0306. The number of carboxylic acids is 1. The Bertz CT molecular complexity index is 3020. The number of aliphatic carboxylic acids is 1. The molecule has 10 heterocycles. The van der Waals surface area contributed by atoms with Gasteiger partial charge in [-0.3, -0.25) is 0 Å². The van der Waals surface area contributed by atoms with E-state index in [0.717, 1.165) is 0 Å². The first-order valence-electron chi connectivity index (χ1n) is 38.5. The Balaban J connectivity index is 0.898. The van der Waals surface area contributed by atoms with Crippen molar-refractivity contribution >= 4 is 5.97 Å². The van der Waals surface area contributed by atoms with Crippen LogP contribution in [0.5, 0.6) is 0 Å². The highest BCUT2D eigenvalue weighted by atomic mass is 16.8. The average molecular weight is 1720 g/mol. The molecule has 10 aliphatic heterocycles. The number of aliphatic hydroxyl groups excluding tert-OH is 27. The van der Waals surface area contributed by atoms with Gasteiger partial charge in [-0.2, -0.15) is 0 Å². The Morgan fingerprint density at radius 1 is 0.350 bits per heavy atom. The summed E-state index contributed by atoms with van der Waals surface area (Å²) in [5.74, 6) is -9.45. The summed E-state index contributed by atoms with van der Waals surface area (Å²) < 4.78 is 114. The van der Waals surface area contributed by atoms with Crippen LogP contribution in [0.1, 0.15) is 41.0 Å². The average Bonchev–Trinajstić information content (AvgIpc) is 0.771. The zero-order valence-corrected chi connectivity index (χ0v) is 63.9. The van der Waals surface area contributed by atoms with E-state index in [-0.39, 0.29) is 0 Å². The molecule has 49 heteroatoms. The molecule has 0 amide bonds. The van der Waals surface area contributed by atoms with Crippen LogP contribution >= 0.6 is 0 Å². The standard InChI is InChI=1S/C68H117NO48/c1-17-21(5)101-27(11-74)51(34(17)80)110-59-18(2)35(81)54(30(14-77)105-59)113-64-50(96)56(43(89)31(108-64)15-99-65-57(46(92)40(86)25(9-72)103-65)115-60-19(3)36(82)52(28(12-75)106-60)111-62-48(94)44(90)39(85)24(8-71)102-62)114-66-58(47(93)41(87)26(10-73)104-66)116-61-20(4)37(83)53(29(13-76)107-61)112-63-49(95)45(91)42(88)32(109-63)16-100-68(67(97)98)6-22(78)33(69)55(117-68)38(84)23(79)7-70/h17-66,70-96H,6-16,69H2,1-5H3,(H,97,98)/t17-,18+,19?,20+,21+,22-,23-,24?,25?,26-,27?,28+,29?,30?,31?,32?,33-,34?,35?,36?,37?,38-,39+,40-,41-,42+,43-,44?,45?,46?,47?,48+,49+,50-,51-,52-,53-,54-,55?,56?,57-,58?,59+,60+,61+,62+,63+,64+,65+,66-,68-/m1/s1. The minimum Gasteiger partial charge on any atom is -0.477 e. The third-order valence-corrected chi connectivity index (χ3v) is 23.7. The lowest BCUT2D eigenvalue weighted by molar-refractivity contribution is -0.402. The maximum absolute atomic E-state index is 12.8. The summed E-state index contributed by atoms with van der Waals surface area (Å²) in [5, 5.41) is 309. The molecule has 682 valence electrons. The van der Waals surface area contributed by atoms with Gasteiger partial charge in [0.15, 0.2) is 50.3 Å². The van der Waals surface area contributed by atoms with Crippen LogP contribution in [-0.2, 0) is 94.8 Å². The van der Waals surface area contributed by atoms with Crippen LogP contribution in [0, 0.1) is 23.7 Å². The molecular weight excluding hydrogens is 1600 g/mol. The predicted octanol–water partition coefficient (Wildman–Crippen LogP) is -17.5. The van der Waals surface area contributed by atoms with Crippen LogP contribution in [0.3, 0.4) is 0 Å². The Kier molecular flexibility index (Phi) is 34.2. The second-order valence-corrected chi connectivity index (χ2v) is 31.4. The molecule has 0 aromatic rings. The Hall–Kier alpha value is -2.41. The maximum Gasteiger partial charge on any atom is 0.364 e. The van der Waals surface area contributed by atoms with Crippen molar-refractivity contribution in [2.24, 2.45) is 29.4 Å². The summed E-state index contributed by atoms with van der Waals surface area (Å²) in [4.78, 5) is 12.8. The Morgan fingerprint density at radius 3 is 1.09 bits per heavy atom. The van der Waals surface area contributed by atoms with E-state index < -0.39 is 390 Å². The molecule has 49 nitrogen and oxygen atoms in total. The number of hydrogen-bond acceptors (Lipinski definition) is 48. The van der Waals surface area contributed by atoms with Gasteiger partial charge in [0.1, 0.15) is 189 Å². The number of carboxylic acid groups (broad SMARTS) is 1. The van der Waals surface area contributed by atoms with Gasteiger partial charge < -0.3 is 239 Å². The third kappa shape index (κ3) is 20.2. The van der Waals surface area contributed by atoms with Crippen molar-refractivity contribution in [2.45, 2.75) is 329 Å². The molecule has 0 bridgehead atoms. The largest absolute Gasteiger partial charge is 0.477 e. The molecular formula is C68H117NO48. The van der Waals surface area contributed by atoms with Crippen LogP contribution in [-0.4, -0.2) is 503 Å². The highest BCUT2D eigenvalue weighted by Crippen LogP contribution is 2.43. The monoisotopic (exact) mass is 1720 g/mol. The maximum atomic E-state index is 12.8. The minimum absolute atomic E-state index is 0.554. The van der Waals surface area contributed by atoms with E-state index in [4.69, 9.17) is 95.7 Å². The van der Waals surface area contributed by atoms with Crippen LogP contribution in [0.25, 0.3) is 0 Å². The van der Waals surface area contributed by atoms with Crippen molar-refractivity contribution in [2.75, 3.05) is 66.1 Å². The molecule has 10 rings (SSSR count). The van der Waals surface area contributed by atoms with E-state index in [9.17, 15) is 148 Å². The van der Waals surface area contributed by atoms with E-state index in [2.05, 4.69) is 0 Å². The fourth-order valence-electron chi connectivity index (χ4n) is 15.9. The molecule has 10 saturated heterocycles. The second-order valence-electron chi connectivity index (χ2n) is 31.4. The van der Waals surface area contributed by atoms with Crippen molar-refractivity contribution in [1.29, 1.82) is 0 Å². The van der Waals surface area contributed by atoms with Crippen LogP contribution in [0.15, 0.2) is 0 Å². The summed E-state index contributed by atoms with van der Waals surface area (Å²) in [5.41, 5.74) is 5.96. The molecule has 117 heavy (non-hydrogen) atoms. The summed E-state index contributed by atoms with van der Waals surface area (Å²) in [6.07, 6.45) is -85.7. The first kappa shape index (κ1) is 96.8. The molecule has 0 aromatic heterocycles. The molecule has 0 spiro atoms. The number of carbonyl (C=O) groups is 1. The number of aliphatic hydroxyl groups is 27. The first-order chi connectivity index (χ1) is 55.3. The van der Waals surface area contributed by atoms with E-state index in [1.165, 1.54) is 20.8 Å². The zero-order chi connectivity index (χ0) is 86.2. The highest BCUT2D eigenvalue weighted by molar-refractivity contribution is 5.76. The number of nitrogens with two attached hydrogens (primary N) is 1. The molecule has 19 unspecified atom stereocenters. The van der Waals surface area contributed by atoms with Gasteiger partial charge in [-0.1, -0.05) is 27.7 Å². The second kappa shape index (κ2) is 41.4. The van der Waals surface area contributed by atoms with Crippen molar-refractivity contribution in [3.8, 4) is 0 Å². The fourth-order valence-corrected chi connectivity index (χ4v) is 15.9. The molecule has 30 N–H and O–H groups in total. The number of hydrogen-bond donors (Lipinski definition) is 29. The Morgan fingerprint density at radius 2 is 0.675 bits per heavy atom. The third-order valence-electron chi connectivity index (χ3n) is 23.7. The molecule has 10 fully saturated rings. The molecule has 0 aliphatic carbocycles. The topological polar surface area (TPSA) is 785 Å². The van der Waals surface area contributed by atoms with Gasteiger partial charge in [-0.05, 0) is 6.92 Å². The number of rotatable bonds is 31. The van der Waals surface area contributed by atoms with Crippen LogP contribution in [0.4, 0.5) is 0 Å². The van der Waals surface area contributed by atoms with Gasteiger partial charge in [0.2, 0.25) is 0 Å². The van der Waals surface area contributed by atoms with Crippen molar-refractivity contribution in [1.82, 2.24) is 0 Å². The smallest absolute Gasteiger partial charge is 0.364 e. The van der Waals surface area contributed by atoms with Gasteiger partial charge >= 0.3 is 5.97 Å². The molecule has 0 aromatic carbocycles. The zero-order valence-electron chi connectivity index (χ0n) is 63.9. The summed E-state index contributed by atoms with van der Waals surface area (Å²) in [6, 6.07) is -1.57. The van der Waals surface area contributed by atoms with Crippen molar-refractivity contribution in [3.63, 3.8) is 0 Å². The summed E-state index contributed by atoms with van der Waals surface area (Å²) in [7, 11) is 0. The van der Waals surface area contributed by atoms with Gasteiger partial charge in [0.25, 0.3) is 5.79 Å². The summed E-state index contributed by atoms with van der Waals surface area (Å²) in [6.45, 7) is -2.69. The van der Waals surface area contributed by atoms with Gasteiger partial charge in [0, 0.05) is 30.1 Å². The normalized spacial score (nSPS) is 52.1. The highest BCUT2D eigenvalue weighted by Gasteiger charge is 2.62. The lowest BCUT2D eigenvalue weighted by Crippen LogP contribution is -2.68. The van der Waals surface area contributed by atoms with Crippen LogP contribution < -0.4 is 5.73 Å². The first-order valence-corrected chi connectivity index (χ1v) is 38.5. The number of ether oxygens (including phenoxy) is 19. The van der Waals surface area contributed by atoms with Crippen molar-refractivity contribution < 1.29 is 238 Å². The van der Waals surface area contributed by atoms with E-state index in [1.807, 2.05) is 0 Å². The fraction of sp³-hybridized carbons (Fsp3) is 0.985. The lowest BCUT2D eigenvalue weighted by Gasteiger charge is -2.51. The molecule has 0 saturated carbocycles. The predicted molar refractivity (Wildman–Crippen MR) is 365 cm³/mol. The van der Waals surface area contributed by atoms with Gasteiger partial charge in [-0.25, -0.2) is 4.79 Å². The van der Waals surface area contributed by atoms with Gasteiger partial charge in [0.05, 0.1) is 109 Å². The van der Waals surface area contributed by atoms with E-state index >= 15 is 0 Å².